The lowest BCUT2D eigenvalue weighted by Gasteiger charge is -1.97. The third-order valence-electron chi connectivity index (χ3n) is 3.18. The second-order valence-corrected chi connectivity index (χ2v) is 6.10. The Morgan fingerprint density at radius 2 is 1.96 bits per heavy atom. The van der Waals surface area contributed by atoms with Gasteiger partial charge in [-0.05, 0) is 30.3 Å². The van der Waals surface area contributed by atoms with Crippen molar-refractivity contribution in [3.05, 3.63) is 81.6 Å². The Bertz CT molecular complexity index is 975. The van der Waals surface area contributed by atoms with Gasteiger partial charge in [-0.2, -0.15) is 5.26 Å². The highest BCUT2D eigenvalue weighted by molar-refractivity contribution is 7.12. The van der Waals surface area contributed by atoms with Gasteiger partial charge in [-0.3, -0.25) is 14.8 Å². The fourth-order valence-electron chi connectivity index (χ4n) is 2.03. The maximum atomic E-state index is 12.2. The number of thiophene rings is 1. The summed E-state index contributed by atoms with van der Waals surface area (Å²) in [5, 5.41) is 8.86. The standard InChI is InChI=1S/C19H11N3OS/c20-10-15-8-14(11-22-12-15)3-4-17-5-6-18(24-17)9-19(23)16-2-1-7-21-13-16/h1-2,5-8,11-13H,9H2. The largest absolute Gasteiger partial charge is 0.294 e. The highest BCUT2D eigenvalue weighted by atomic mass is 32.1. The van der Waals surface area contributed by atoms with Gasteiger partial charge in [0.25, 0.3) is 0 Å². The zero-order chi connectivity index (χ0) is 16.8. The van der Waals surface area contributed by atoms with Gasteiger partial charge in [-0.1, -0.05) is 11.8 Å². The molecule has 4 nitrogen and oxygen atoms in total. The Morgan fingerprint density at radius 1 is 1.08 bits per heavy atom. The average Bonchev–Trinajstić information content (AvgIpc) is 3.08. The van der Waals surface area contributed by atoms with Crippen molar-refractivity contribution < 1.29 is 4.79 Å². The van der Waals surface area contributed by atoms with Gasteiger partial charge in [-0.15, -0.1) is 11.3 Å². The molecule has 0 aliphatic rings. The van der Waals surface area contributed by atoms with Crippen LogP contribution < -0.4 is 0 Å². The fourth-order valence-corrected chi connectivity index (χ4v) is 2.89. The minimum absolute atomic E-state index is 0.0374. The molecule has 3 aromatic rings. The van der Waals surface area contributed by atoms with Crippen LogP contribution in [0.5, 0.6) is 0 Å². The highest BCUT2D eigenvalue weighted by Gasteiger charge is 2.08. The average molecular weight is 329 g/mol. The monoisotopic (exact) mass is 329 g/mol. The summed E-state index contributed by atoms with van der Waals surface area (Å²) >= 11 is 1.48. The van der Waals surface area contributed by atoms with E-state index >= 15 is 0 Å². The van der Waals surface area contributed by atoms with Crippen LogP contribution >= 0.6 is 11.3 Å². The van der Waals surface area contributed by atoms with Crippen molar-refractivity contribution in [1.82, 2.24) is 9.97 Å². The summed E-state index contributed by atoms with van der Waals surface area (Å²) in [4.78, 5) is 21.9. The van der Waals surface area contributed by atoms with Gasteiger partial charge in [0.05, 0.1) is 10.4 Å². The van der Waals surface area contributed by atoms with Crippen LogP contribution in [0.15, 0.2) is 55.1 Å². The molecule has 0 radical (unpaired) electrons. The van der Waals surface area contributed by atoms with E-state index in [1.165, 1.54) is 17.5 Å². The Balaban J connectivity index is 1.71. The molecule has 0 atom stereocenters. The number of rotatable bonds is 3. The van der Waals surface area contributed by atoms with Gasteiger partial charge in [-0.25, -0.2) is 0 Å². The van der Waals surface area contributed by atoms with Gasteiger partial charge >= 0.3 is 0 Å². The molecule has 114 valence electrons. The van der Waals surface area contributed by atoms with E-state index in [-0.39, 0.29) is 5.78 Å². The quantitative estimate of drug-likeness (QED) is 0.546. The molecule has 0 amide bonds. The zero-order valence-corrected chi connectivity index (χ0v) is 13.4. The predicted octanol–water partition coefficient (Wildman–Crippen LogP) is 3.23. The SMILES string of the molecule is N#Cc1cncc(C#Cc2ccc(CC(=O)c3cccnc3)s2)c1. The van der Waals surface area contributed by atoms with Crippen LogP contribution in [0, 0.1) is 23.2 Å². The van der Waals surface area contributed by atoms with E-state index in [2.05, 4.69) is 21.8 Å². The normalized spacial score (nSPS) is 9.62. The smallest absolute Gasteiger partial charge is 0.169 e. The van der Waals surface area contributed by atoms with E-state index in [0.29, 0.717) is 23.1 Å². The van der Waals surface area contributed by atoms with E-state index in [4.69, 9.17) is 5.26 Å². The molecule has 0 spiro atoms. The van der Waals surface area contributed by atoms with Crippen molar-refractivity contribution in [2.24, 2.45) is 0 Å². The van der Waals surface area contributed by atoms with Crippen molar-refractivity contribution in [2.45, 2.75) is 6.42 Å². The summed E-state index contributed by atoms with van der Waals surface area (Å²) < 4.78 is 0. The summed E-state index contributed by atoms with van der Waals surface area (Å²) in [6.45, 7) is 0. The molecule has 0 bridgehead atoms. The summed E-state index contributed by atoms with van der Waals surface area (Å²) in [6, 6.07) is 11.0. The van der Waals surface area contributed by atoms with E-state index in [9.17, 15) is 4.79 Å². The van der Waals surface area contributed by atoms with Crippen LogP contribution in [0.25, 0.3) is 0 Å². The summed E-state index contributed by atoms with van der Waals surface area (Å²) in [5.74, 6) is 6.06. The van der Waals surface area contributed by atoms with E-state index in [1.807, 2.05) is 18.2 Å². The lowest BCUT2D eigenvalue weighted by molar-refractivity contribution is 0.0993. The van der Waals surface area contributed by atoms with Crippen molar-refractivity contribution in [2.75, 3.05) is 0 Å². The second-order valence-electron chi connectivity index (χ2n) is 4.93. The molecule has 0 N–H and O–H groups in total. The molecular formula is C19H11N3OS. The summed E-state index contributed by atoms with van der Waals surface area (Å²) in [5.41, 5.74) is 1.78. The van der Waals surface area contributed by atoms with Crippen LogP contribution in [-0.2, 0) is 6.42 Å². The Hall–Kier alpha value is -3.28. The van der Waals surface area contributed by atoms with Gasteiger partial charge in [0.2, 0.25) is 0 Å². The van der Waals surface area contributed by atoms with Crippen LogP contribution in [-0.4, -0.2) is 15.8 Å². The minimum Gasteiger partial charge on any atom is -0.294 e. The summed E-state index contributed by atoms with van der Waals surface area (Å²) in [6.07, 6.45) is 6.67. The number of aromatic nitrogens is 2. The van der Waals surface area contributed by atoms with Crippen LogP contribution in [0.2, 0.25) is 0 Å². The molecular weight excluding hydrogens is 318 g/mol. The van der Waals surface area contributed by atoms with E-state index in [0.717, 1.165) is 9.75 Å². The number of carbonyl (C=O) groups excluding carboxylic acids is 1. The number of hydrogen-bond donors (Lipinski definition) is 0. The first-order valence-electron chi connectivity index (χ1n) is 7.14. The number of pyridine rings is 2. The van der Waals surface area contributed by atoms with Crippen molar-refractivity contribution in [1.29, 1.82) is 5.26 Å². The molecule has 0 fully saturated rings. The third-order valence-corrected chi connectivity index (χ3v) is 4.18. The van der Waals surface area contributed by atoms with E-state index < -0.39 is 0 Å². The number of hydrogen-bond acceptors (Lipinski definition) is 5. The summed E-state index contributed by atoms with van der Waals surface area (Å²) in [7, 11) is 0. The lowest BCUT2D eigenvalue weighted by atomic mass is 10.1. The number of nitriles is 1. The maximum absolute atomic E-state index is 12.2. The molecule has 0 aliphatic heterocycles. The Kier molecular flexibility index (Phi) is 4.76. The zero-order valence-electron chi connectivity index (χ0n) is 12.6. The van der Waals surface area contributed by atoms with Crippen molar-refractivity contribution >= 4 is 17.1 Å². The number of Topliss-reactive ketones (excluding diaryl/α,β-unsaturated/α-hetero) is 1. The molecule has 3 rings (SSSR count). The van der Waals surface area contributed by atoms with Gasteiger partial charge < -0.3 is 0 Å². The van der Waals surface area contributed by atoms with Crippen LogP contribution in [0.3, 0.4) is 0 Å². The Morgan fingerprint density at radius 3 is 2.75 bits per heavy atom. The number of nitrogens with zero attached hydrogens (tertiary/aromatic N) is 3. The molecule has 0 saturated heterocycles. The molecule has 3 aromatic heterocycles. The van der Waals surface area contributed by atoms with Crippen molar-refractivity contribution in [3.63, 3.8) is 0 Å². The first-order valence-corrected chi connectivity index (χ1v) is 7.95. The molecule has 0 aliphatic carbocycles. The first kappa shape index (κ1) is 15.6. The Labute approximate surface area is 143 Å². The van der Waals surface area contributed by atoms with E-state index in [1.54, 1.807) is 36.8 Å². The van der Waals surface area contributed by atoms with Gasteiger partial charge in [0.15, 0.2) is 5.78 Å². The molecule has 0 aromatic carbocycles. The first-order chi connectivity index (χ1) is 11.7. The number of ketones is 1. The molecule has 5 heteroatoms. The van der Waals surface area contributed by atoms with Gasteiger partial charge in [0.1, 0.15) is 6.07 Å². The third kappa shape index (κ3) is 3.92. The minimum atomic E-state index is 0.0374. The van der Waals surface area contributed by atoms with Crippen LogP contribution in [0.1, 0.15) is 31.2 Å². The second kappa shape index (κ2) is 7.32. The number of carbonyl (C=O) groups is 1. The molecule has 3 heterocycles. The van der Waals surface area contributed by atoms with Crippen LogP contribution in [0.4, 0.5) is 0 Å². The molecule has 0 saturated carbocycles. The van der Waals surface area contributed by atoms with Gasteiger partial charge in [0, 0.05) is 47.2 Å². The lowest BCUT2D eigenvalue weighted by Crippen LogP contribution is -2.02. The topological polar surface area (TPSA) is 66.6 Å². The maximum Gasteiger partial charge on any atom is 0.169 e. The predicted molar refractivity (Wildman–Crippen MR) is 91.5 cm³/mol. The molecule has 24 heavy (non-hydrogen) atoms. The fraction of sp³-hybridized carbons (Fsp3) is 0.0526. The van der Waals surface area contributed by atoms with Crippen molar-refractivity contribution in [3.8, 4) is 17.9 Å². The molecule has 0 unspecified atom stereocenters. The highest BCUT2D eigenvalue weighted by Crippen LogP contribution is 2.18.